The highest BCUT2D eigenvalue weighted by Crippen LogP contribution is 2.37. The van der Waals surface area contributed by atoms with Crippen molar-refractivity contribution in [2.45, 2.75) is 46.1 Å². The Hall–Kier alpha value is -3.76. The van der Waals surface area contributed by atoms with Crippen LogP contribution in [0.5, 0.6) is 11.5 Å². The van der Waals surface area contributed by atoms with Crippen LogP contribution in [0.15, 0.2) is 55.0 Å². The van der Waals surface area contributed by atoms with Gasteiger partial charge < -0.3 is 24.1 Å². The Morgan fingerprint density at radius 1 is 1.00 bits per heavy atom. The number of imidazole rings is 1. The SMILES string of the molecule is CC(C)(C)OC(=O)c1cccc(N(Cc2cnc[nH]2)c2ccc(OC(F)F)c(OC(F)F)c2)c1. The van der Waals surface area contributed by atoms with Gasteiger partial charge in [0.2, 0.25) is 0 Å². The quantitative estimate of drug-likeness (QED) is 0.303. The number of alkyl halides is 4. The number of anilines is 2. The number of halogens is 4. The van der Waals surface area contributed by atoms with Gasteiger partial charge >= 0.3 is 19.2 Å². The van der Waals surface area contributed by atoms with Gasteiger partial charge in [0.25, 0.3) is 0 Å². The molecule has 0 aliphatic heterocycles. The molecule has 0 saturated carbocycles. The lowest BCUT2D eigenvalue weighted by molar-refractivity contribution is -0.0692. The van der Waals surface area contributed by atoms with E-state index in [0.717, 1.165) is 12.1 Å². The fraction of sp³-hybridized carbons (Fsp3) is 0.304. The van der Waals surface area contributed by atoms with Crippen LogP contribution in [0.1, 0.15) is 36.8 Å². The molecule has 0 amide bonds. The Kier molecular flexibility index (Phi) is 7.64. The molecule has 0 fully saturated rings. The third-order valence-corrected chi connectivity index (χ3v) is 4.35. The van der Waals surface area contributed by atoms with Crippen molar-refractivity contribution in [3.05, 3.63) is 66.2 Å². The third kappa shape index (κ3) is 6.87. The molecule has 182 valence electrons. The summed E-state index contributed by atoms with van der Waals surface area (Å²) in [6.07, 6.45) is 3.03. The van der Waals surface area contributed by atoms with Crippen LogP contribution >= 0.6 is 0 Å². The smallest absolute Gasteiger partial charge is 0.387 e. The van der Waals surface area contributed by atoms with Gasteiger partial charge in [0.1, 0.15) is 5.60 Å². The number of hydrogen-bond donors (Lipinski definition) is 1. The molecule has 0 aliphatic rings. The number of carbonyl (C=O) groups excluding carboxylic acids is 1. The third-order valence-electron chi connectivity index (χ3n) is 4.35. The van der Waals surface area contributed by atoms with E-state index in [9.17, 15) is 22.4 Å². The molecular weight excluding hydrogens is 458 g/mol. The second-order valence-electron chi connectivity index (χ2n) is 8.10. The highest BCUT2D eigenvalue weighted by atomic mass is 19.3. The molecule has 3 aromatic rings. The summed E-state index contributed by atoms with van der Waals surface area (Å²) in [6, 6.07) is 10.2. The number of H-pyrrole nitrogens is 1. The van der Waals surface area contributed by atoms with Crippen LogP contribution in [0, 0.1) is 0 Å². The molecule has 1 heterocycles. The topological polar surface area (TPSA) is 76.7 Å². The second kappa shape index (κ2) is 10.4. The summed E-state index contributed by atoms with van der Waals surface area (Å²) in [7, 11) is 0. The largest absolute Gasteiger partial charge is 0.456 e. The van der Waals surface area contributed by atoms with Crippen LogP contribution in [-0.2, 0) is 11.3 Å². The zero-order valence-corrected chi connectivity index (χ0v) is 18.6. The molecule has 34 heavy (non-hydrogen) atoms. The molecule has 0 spiro atoms. The van der Waals surface area contributed by atoms with Crippen LogP contribution < -0.4 is 14.4 Å². The van der Waals surface area contributed by atoms with E-state index in [4.69, 9.17) is 4.74 Å². The van der Waals surface area contributed by atoms with E-state index in [1.807, 2.05) is 0 Å². The molecule has 2 aromatic carbocycles. The summed E-state index contributed by atoms with van der Waals surface area (Å²) in [5, 5.41) is 0. The number of aromatic nitrogens is 2. The van der Waals surface area contributed by atoms with Crippen molar-refractivity contribution in [2.24, 2.45) is 0 Å². The molecule has 1 aromatic heterocycles. The molecule has 11 heteroatoms. The van der Waals surface area contributed by atoms with E-state index in [1.165, 1.54) is 12.4 Å². The van der Waals surface area contributed by atoms with Gasteiger partial charge in [-0.05, 0) is 51.1 Å². The lowest BCUT2D eigenvalue weighted by atomic mass is 10.1. The van der Waals surface area contributed by atoms with Gasteiger partial charge in [-0.1, -0.05) is 6.07 Å². The minimum atomic E-state index is -3.26. The standard InChI is InChI=1S/C23H23F4N3O4/c1-23(2,3)34-20(31)14-5-4-6-16(9-14)30(12-15-11-28-13-29-15)17-7-8-18(32-21(24)25)19(10-17)33-22(26)27/h4-11,13,21-22H,12H2,1-3H3,(H,28,29). The van der Waals surface area contributed by atoms with Crippen molar-refractivity contribution < 1.29 is 36.6 Å². The van der Waals surface area contributed by atoms with Gasteiger partial charge in [0.05, 0.1) is 24.1 Å². The Balaban J connectivity index is 2.04. The second-order valence-corrected chi connectivity index (χ2v) is 8.10. The van der Waals surface area contributed by atoms with Gasteiger partial charge in [0, 0.05) is 23.6 Å². The summed E-state index contributed by atoms with van der Waals surface area (Å²) in [6.45, 7) is -1.07. The number of ether oxygens (including phenoxy) is 3. The van der Waals surface area contributed by atoms with E-state index in [1.54, 1.807) is 56.1 Å². The first-order chi connectivity index (χ1) is 16.0. The molecule has 3 rings (SSSR count). The number of rotatable bonds is 9. The number of esters is 1. The summed E-state index contributed by atoms with van der Waals surface area (Å²) in [5.41, 5.74) is 1.04. The zero-order chi connectivity index (χ0) is 24.9. The van der Waals surface area contributed by atoms with Crippen molar-refractivity contribution in [1.29, 1.82) is 0 Å². The van der Waals surface area contributed by atoms with Crippen LogP contribution in [0.3, 0.4) is 0 Å². The van der Waals surface area contributed by atoms with E-state index in [2.05, 4.69) is 19.4 Å². The van der Waals surface area contributed by atoms with Crippen molar-refractivity contribution in [3.63, 3.8) is 0 Å². The molecule has 7 nitrogen and oxygen atoms in total. The van der Waals surface area contributed by atoms with E-state index in [-0.39, 0.29) is 12.1 Å². The lowest BCUT2D eigenvalue weighted by Gasteiger charge is -2.26. The number of carbonyl (C=O) groups is 1. The summed E-state index contributed by atoms with van der Waals surface area (Å²) in [4.78, 5) is 21.1. The Morgan fingerprint density at radius 3 is 2.29 bits per heavy atom. The minimum Gasteiger partial charge on any atom is -0.456 e. The maximum absolute atomic E-state index is 12.9. The average Bonchev–Trinajstić information content (AvgIpc) is 3.25. The molecule has 0 saturated heterocycles. The van der Waals surface area contributed by atoms with E-state index >= 15 is 0 Å². The van der Waals surface area contributed by atoms with Crippen molar-refractivity contribution in [2.75, 3.05) is 4.90 Å². The van der Waals surface area contributed by atoms with Crippen LogP contribution in [0.4, 0.5) is 28.9 Å². The Bertz CT molecular complexity index is 1100. The monoisotopic (exact) mass is 481 g/mol. The van der Waals surface area contributed by atoms with Gasteiger partial charge in [0.15, 0.2) is 11.5 Å². The van der Waals surface area contributed by atoms with Crippen molar-refractivity contribution in [1.82, 2.24) is 9.97 Å². The first-order valence-electron chi connectivity index (χ1n) is 10.1. The predicted octanol–water partition coefficient (Wildman–Crippen LogP) is 5.91. The highest BCUT2D eigenvalue weighted by Gasteiger charge is 2.21. The predicted molar refractivity (Wildman–Crippen MR) is 116 cm³/mol. The average molecular weight is 481 g/mol. The first-order valence-corrected chi connectivity index (χ1v) is 10.1. The normalized spacial score (nSPS) is 11.6. The number of hydrogen-bond acceptors (Lipinski definition) is 6. The van der Waals surface area contributed by atoms with Gasteiger partial charge in [-0.15, -0.1) is 0 Å². The number of nitrogens with one attached hydrogen (secondary N) is 1. The van der Waals surface area contributed by atoms with Gasteiger partial charge in [-0.25, -0.2) is 9.78 Å². The number of aromatic amines is 1. The fourth-order valence-corrected chi connectivity index (χ4v) is 3.06. The first kappa shape index (κ1) is 24.9. The van der Waals surface area contributed by atoms with E-state index in [0.29, 0.717) is 17.1 Å². The van der Waals surface area contributed by atoms with Crippen LogP contribution in [0.25, 0.3) is 0 Å². The van der Waals surface area contributed by atoms with Crippen molar-refractivity contribution >= 4 is 17.3 Å². The highest BCUT2D eigenvalue weighted by molar-refractivity contribution is 5.91. The summed E-state index contributed by atoms with van der Waals surface area (Å²) >= 11 is 0. The van der Waals surface area contributed by atoms with Gasteiger partial charge in [-0.3, -0.25) is 0 Å². The Morgan fingerprint density at radius 2 is 1.68 bits per heavy atom. The maximum Gasteiger partial charge on any atom is 0.387 e. The van der Waals surface area contributed by atoms with Crippen LogP contribution in [-0.4, -0.2) is 34.8 Å². The number of benzene rings is 2. The van der Waals surface area contributed by atoms with Gasteiger partial charge in [-0.2, -0.15) is 17.6 Å². The Labute approximate surface area is 193 Å². The molecule has 0 bridgehead atoms. The summed E-state index contributed by atoms with van der Waals surface area (Å²) in [5.74, 6) is -1.65. The van der Waals surface area contributed by atoms with Crippen molar-refractivity contribution in [3.8, 4) is 11.5 Å². The molecular formula is C23H23F4N3O4. The molecule has 1 N–H and O–H groups in total. The molecule has 0 radical (unpaired) electrons. The summed E-state index contributed by atoms with van der Waals surface area (Å²) < 4.78 is 65.4. The zero-order valence-electron chi connectivity index (χ0n) is 18.6. The van der Waals surface area contributed by atoms with E-state index < -0.39 is 36.3 Å². The van der Waals surface area contributed by atoms with Crippen LogP contribution in [0.2, 0.25) is 0 Å². The minimum absolute atomic E-state index is 0.181. The molecule has 0 unspecified atom stereocenters. The molecule has 0 aliphatic carbocycles. The fourth-order valence-electron chi connectivity index (χ4n) is 3.06. The maximum atomic E-state index is 12.9. The number of nitrogens with zero attached hydrogens (tertiary/aromatic N) is 2. The molecule has 0 atom stereocenters. The lowest BCUT2D eigenvalue weighted by Crippen LogP contribution is -2.24.